The van der Waals surface area contributed by atoms with Gasteiger partial charge < -0.3 is 14.7 Å². The van der Waals surface area contributed by atoms with E-state index in [0.29, 0.717) is 17.7 Å². The fraction of sp³-hybridized carbons (Fsp3) is 0.176. The molecule has 0 spiro atoms. The van der Waals surface area contributed by atoms with Crippen molar-refractivity contribution in [2.24, 2.45) is 5.16 Å². The normalized spacial score (nSPS) is 10.6. The predicted octanol–water partition coefficient (Wildman–Crippen LogP) is 3.15. The van der Waals surface area contributed by atoms with Crippen LogP contribution in [-0.2, 0) is 11.3 Å². The summed E-state index contributed by atoms with van der Waals surface area (Å²) in [7, 11) is 1.56. The van der Waals surface area contributed by atoms with Crippen LogP contribution < -0.4 is 4.74 Å². The second-order valence-electron chi connectivity index (χ2n) is 4.58. The van der Waals surface area contributed by atoms with E-state index in [4.69, 9.17) is 9.57 Å². The molecular weight excluding hydrogens is 282 g/mol. The van der Waals surface area contributed by atoms with Gasteiger partial charge in [-0.3, -0.25) is 0 Å². The smallest absolute Gasteiger partial charge is 0.365 e. The van der Waals surface area contributed by atoms with Gasteiger partial charge in [-0.25, -0.2) is 4.79 Å². The van der Waals surface area contributed by atoms with Crippen molar-refractivity contribution in [3.63, 3.8) is 0 Å². The maximum Gasteiger partial charge on any atom is 0.365 e. The van der Waals surface area contributed by atoms with Gasteiger partial charge in [-0.1, -0.05) is 12.1 Å². The Hall–Kier alpha value is -2.82. The summed E-state index contributed by atoms with van der Waals surface area (Å²) in [5.74, 6) is 0.361. The number of ether oxygens (including phenoxy) is 1. The van der Waals surface area contributed by atoms with Crippen LogP contribution in [0.5, 0.6) is 11.5 Å². The molecule has 0 bridgehead atoms. The van der Waals surface area contributed by atoms with Gasteiger partial charge in [-0.2, -0.15) is 0 Å². The van der Waals surface area contributed by atoms with Crippen molar-refractivity contribution >= 4 is 12.2 Å². The van der Waals surface area contributed by atoms with Crippen molar-refractivity contribution in [1.82, 2.24) is 0 Å². The number of phenols is 1. The minimum Gasteiger partial charge on any atom is -0.508 e. The van der Waals surface area contributed by atoms with E-state index in [-0.39, 0.29) is 5.75 Å². The largest absolute Gasteiger partial charge is 0.508 e. The number of phenolic OH excluding ortho intramolecular Hbond substituents is 1. The van der Waals surface area contributed by atoms with Gasteiger partial charge in [0.05, 0.1) is 18.9 Å². The lowest BCUT2D eigenvalue weighted by Crippen LogP contribution is -2.01. The molecule has 0 fully saturated rings. The number of carbonyl (C=O) groups excluding carboxylic acids is 1. The van der Waals surface area contributed by atoms with Crippen LogP contribution in [0.1, 0.15) is 28.4 Å². The average Bonchev–Trinajstić information content (AvgIpc) is 2.56. The van der Waals surface area contributed by atoms with Gasteiger partial charge >= 0.3 is 5.97 Å². The highest BCUT2D eigenvalue weighted by atomic mass is 16.7. The predicted molar refractivity (Wildman–Crippen MR) is 83.5 cm³/mol. The molecule has 1 N–H and O–H groups in total. The van der Waals surface area contributed by atoms with Crippen LogP contribution in [0.2, 0.25) is 0 Å². The summed E-state index contributed by atoms with van der Waals surface area (Å²) in [4.78, 5) is 16.6. The first-order chi connectivity index (χ1) is 10.6. The lowest BCUT2D eigenvalue weighted by atomic mass is 10.1. The van der Waals surface area contributed by atoms with Crippen molar-refractivity contribution < 1.29 is 19.5 Å². The number of methoxy groups -OCH3 is 1. The highest BCUT2D eigenvalue weighted by Crippen LogP contribution is 2.18. The summed E-state index contributed by atoms with van der Waals surface area (Å²) in [5, 5.41) is 13.3. The van der Waals surface area contributed by atoms with Gasteiger partial charge in [0.2, 0.25) is 0 Å². The topological polar surface area (TPSA) is 68.1 Å². The molecule has 0 atom stereocenters. The van der Waals surface area contributed by atoms with Gasteiger partial charge in [0.15, 0.2) is 0 Å². The molecule has 0 saturated heterocycles. The molecule has 2 aromatic rings. The fourth-order valence-corrected chi connectivity index (χ4v) is 1.88. The number of nitrogens with zero attached hydrogens (tertiary/aromatic N) is 1. The Bertz CT molecular complexity index is 678. The zero-order chi connectivity index (χ0) is 15.9. The van der Waals surface area contributed by atoms with Crippen LogP contribution in [-0.4, -0.2) is 24.4 Å². The Labute approximate surface area is 128 Å². The van der Waals surface area contributed by atoms with E-state index >= 15 is 0 Å². The lowest BCUT2D eigenvalue weighted by molar-refractivity contribution is 0.0519. The van der Waals surface area contributed by atoms with Gasteiger partial charge in [-0.15, -0.1) is 0 Å². The van der Waals surface area contributed by atoms with Crippen molar-refractivity contribution in [1.29, 1.82) is 0 Å². The van der Waals surface area contributed by atoms with Gasteiger partial charge in [0.25, 0.3) is 0 Å². The van der Waals surface area contributed by atoms with Crippen molar-refractivity contribution in [2.45, 2.75) is 13.3 Å². The molecule has 0 unspecified atom stereocenters. The standard InChI is InChI=1S/C17H17NO4/c1-3-13-10-12(4-9-16(13)19)11-18-22-17(20)14-5-7-15(21-2)8-6-14/h4-11,19H,3H2,1-2H3/b18-11+. The third-order valence-corrected chi connectivity index (χ3v) is 3.15. The van der Waals surface area contributed by atoms with Crippen LogP contribution in [0, 0.1) is 0 Å². The quantitative estimate of drug-likeness (QED) is 0.523. The average molecular weight is 299 g/mol. The van der Waals surface area contributed by atoms with E-state index in [1.54, 1.807) is 49.6 Å². The molecule has 0 heterocycles. The highest BCUT2D eigenvalue weighted by molar-refractivity contribution is 5.90. The summed E-state index contributed by atoms with van der Waals surface area (Å²) < 4.78 is 5.02. The molecular formula is C17H17NO4. The van der Waals surface area contributed by atoms with Gasteiger partial charge in [0.1, 0.15) is 11.5 Å². The molecule has 5 nitrogen and oxygen atoms in total. The zero-order valence-corrected chi connectivity index (χ0v) is 12.4. The molecule has 0 aliphatic carbocycles. The van der Waals surface area contributed by atoms with Crippen LogP contribution in [0.15, 0.2) is 47.6 Å². The number of benzene rings is 2. The third-order valence-electron chi connectivity index (χ3n) is 3.15. The van der Waals surface area contributed by atoms with Crippen molar-refractivity contribution in [2.75, 3.05) is 7.11 Å². The number of rotatable bonds is 5. The van der Waals surface area contributed by atoms with Gasteiger partial charge in [0, 0.05) is 0 Å². The maximum absolute atomic E-state index is 11.8. The monoisotopic (exact) mass is 299 g/mol. The second kappa shape index (κ2) is 7.26. The molecule has 0 aliphatic heterocycles. The number of carbonyl (C=O) groups is 1. The highest BCUT2D eigenvalue weighted by Gasteiger charge is 2.06. The second-order valence-corrected chi connectivity index (χ2v) is 4.58. The number of hydrogen-bond acceptors (Lipinski definition) is 5. The van der Waals surface area contributed by atoms with Crippen LogP contribution in [0.4, 0.5) is 0 Å². The Balaban J connectivity index is 2.00. The summed E-state index contributed by atoms with van der Waals surface area (Å²) in [5.41, 5.74) is 1.94. The van der Waals surface area contributed by atoms with Gasteiger partial charge in [-0.05, 0) is 60.0 Å². The minimum absolute atomic E-state index is 0.245. The molecule has 0 radical (unpaired) electrons. The molecule has 5 heteroatoms. The molecule has 0 amide bonds. The van der Waals surface area contributed by atoms with E-state index < -0.39 is 5.97 Å². The lowest BCUT2D eigenvalue weighted by Gasteiger charge is -2.02. The summed E-state index contributed by atoms with van der Waals surface area (Å²) in [6.07, 6.45) is 2.14. The Kier molecular flexibility index (Phi) is 5.14. The van der Waals surface area contributed by atoms with E-state index in [1.807, 2.05) is 6.92 Å². The summed E-state index contributed by atoms with van der Waals surface area (Å²) in [6.45, 7) is 1.94. The molecule has 2 aromatic carbocycles. The number of hydrogen-bond donors (Lipinski definition) is 1. The number of aromatic hydroxyl groups is 1. The maximum atomic E-state index is 11.8. The molecule has 22 heavy (non-hydrogen) atoms. The van der Waals surface area contributed by atoms with Crippen LogP contribution in [0.25, 0.3) is 0 Å². The zero-order valence-electron chi connectivity index (χ0n) is 12.4. The molecule has 2 rings (SSSR count). The Morgan fingerprint density at radius 1 is 1.23 bits per heavy atom. The molecule has 0 aliphatic rings. The summed E-state index contributed by atoms with van der Waals surface area (Å²) in [6, 6.07) is 11.6. The van der Waals surface area contributed by atoms with Crippen molar-refractivity contribution in [3.05, 3.63) is 59.2 Å². The number of oxime groups is 1. The van der Waals surface area contributed by atoms with E-state index in [0.717, 1.165) is 11.1 Å². The van der Waals surface area contributed by atoms with Crippen molar-refractivity contribution in [3.8, 4) is 11.5 Å². The first kappa shape index (κ1) is 15.6. The first-order valence-electron chi connectivity index (χ1n) is 6.84. The molecule has 0 saturated carbocycles. The third kappa shape index (κ3) is 3.85. The SMILES string of the molecule is CCc1cc(/C=N/OC(=O)c2ccc(OC)cc2)ccc1O. The van der Waals surface area contributed by atoms with E-state index in [9.17, 15) is 9.90 Å². The van der Waals surface area contributed by atoms with E-state index in [1.165, 1.54) is 6.21 Å². The molecule has 0 aromatic heterocycles. The summed E-state index contributed by atoms with van der Waals surface area (Å²) >= 11 is 0. The number of aryl methyl sites for hydroxylation is 1. The van der Waals surface area contributed by atoms with Crippen LogP contribution in [0.3, 0.4) is 0 Å². The molecule has 114 valence electrons. The first-order valence-corrected chi connectivity index (χ1v) is 6.84. The Morgan fingerprint density at radius 2 is 1.95 bits per heavy atom. The van der Waals surface area contributed by atoms with E-state index in [2.05, 4.69) is 5.16 Å². The fourth-order valence-electron chi connectivity index (χ4n) is 1.88. The minimum atomic E-state index is -0.548. The Morgan fingerprint density at radius 3 is 2.59 bits per heavy atom. The van der Waals surface area contributed by atoms with Crippen LogP contribution >= 0.6 is 0 Å².